The fraction of sp³-hybridized carbons (Fsp3) is 0. The van der Waals surface area contributed by atoms with Gasteiger partial charge in [-0.15, -0.1) is 0 Å². The third kappa shape index (κ3) is 3.87. The summed E-state index contributed by atoms with van der Waals surface area (Å²) in [6.07, 6.45) is 0. The summed E-state index contributed by atoms with van der Waals surface area (Å²) >= 11 is 0. The van der Waals surface area contributed by atoms with Crippen molar-refractivity contribution in [1.82, 2.24) is 0 Å². The van der Waals surface area contributed by atoms with Crippen molar-refractivity contribution < 1.29 is 10.4 Å². The molecule has 0 fully saturated rings. The van der Waals surface area contributed by atoms with E-state index < -0.39 is 5.23 Å². The summed E-state index contributed by atoms with van der Waals surface area (Å²) in [5.74, 6) is 0. The van der Waals surface area contributed by atoms with Crippen molar-refractivity contribution in [3.05, 3.63) is 84.1 Å². The summed E-state index contributed by atoms with van der Waals surface area (Å²) < 4.78 is 0. The average molecular weight is 305 g/mol. The highest BCUT2D eigenvalue weighted by Crippen LogP contribution is 2.24. The minimum atomic E-state index is -0.923. The van der Waals surface area contributed by atoms with Gasteiger partial charge in [-0.25, -0.2) is 5.21 Å². The summed E-state index contributed by atoms with van der Waals surface area (Å²) in [5.41, 5.74) is 3.81. The largest absolute Gasteiger partial charge is 0.595 e. The minimum Gasteiger partial charge on any atom is -0.595 e. The Hall–Kier alpha value is -2.86. The molecule has 0 spiro atoms. The fourth-order valence-electron chi connectivity index (χ4n) is 2.14. The van der Waals surface area contributed by atoms with Crippen molar-refractivity contribution in [3.63, 3.8) is 0 Å². The lowest BCUT2D eigenvalue weighted by atomic mass is 10.1. The summed E-state index contributed by atoms with van der Waals surface area (Å²) in [4.78, 5) is 0. The number of hydrogen-bond donors (Lipinski definition) is 2. The lowest BCUT2D eigenvalue weighted by molar-refractivity contribution is -0.991. The van der Waals surface area contributed by atoms with Crippen LogP contribution in [0.25, 0.3) is 11.1 Å². The Bertz CT molecular complexity index is 783. The van der Waals surface area contributed by atoms with Crippen LogP contribution in [0.3, 0.4) is 0 Å². The third-order valence-corrected chi connectivity index (χ3v) is 3.37. The highest BCUT2D eigenvalue weighted by Gasteiger charge is 2.02. The Kier molecular flexibility index (Phi) is 4.54. The van der Waals surface area contributed by atoms with Crippen LogP contribution in [0.1, 0.15) is 0 Å². The summed E-state index contributed by atoms with van der Waals surface area (Å²) in [6, 6.07) is 24.0. The zero-order valence-electron chi connectivity index (χ0n) is 12.3. The van der Waals surface area contributed by atoms with E-state index in [0.717, 1.165) is 22.5 Å². The molecule has 3 rings (SSSR count). The van der Waals surface area contributed by atoms with E-state index in [1.165, 1.54) is 0 Å². The molecule has 0 aliphatic heterocycles. The van der Waals surface area contributed by atoms with Gasteiger partial charge in [0.05, 0.1) is 11.4 Å². The molecule has 5 heteroatoms. The third-order valence-electron chi connectivity index (χ3n) is 3.37. The van der Waals surface area contributed by atoms with Crippen LogP contribution in [0.5, 0.6) is 0 Å². The standard InChI is InChI=1S/C18H15N3O2/c22-21(23)18-12-8-15(9-13-18)14-6-10-17(11-7-14)20-19-16-4-2-1-3-5-16/h1-13,21-22H. The maximum Gasteiger partial charge on any atom is 0.163 e. The highest BCUT2D eigenvalue weighted by atomic mass is 16.8. The maximum absolute atomic E-state index is 10.9. The molecule has 1 unspecified atom stereocenters. The Labute approximate surface area is 133 Å². The van der Waals surface area contributed by atoms with Crippen LogP contribution in [-0.2, 0) is 0 Å². The van der Waals surface area contributed by atoms with Crippen molar-refractivity contribution in [3.8, 4) is 11.1 Å². The monoisotopic (exact) mass is 305 g/mol. The summed E-state index contributed by atoms with van der Waals surface area (Å²) in [5, 5.41) is 27.2. The molecule has 0 saturated carbocycles. The van der Waals surface area contributed by atoms with Crippen LogP contribution in [-0.4, -0.2) is 5.21 Å². The number of azo groups is 1. The summed E-state index contributed by atoms with van der Waals surface area (Å²) in [6.45, 7) is 0. The molecule has 3 aromatic carbocycles. The topological polar surface area (TPSA) is 72.5 Å². The van der Waals surface area contributed by atoms with E-state index in [0.29, 0.717) is 0 Å². The highest BCUT2D eigenvalue weighted by molar-refractivity contribution is 5.66. The van der Waals surface area contributed by atoms with E-state index >= 15 is 0 Å². The van der Waals surface area contributed by atoms with Crippen molar-refractivity contribution >= 4 is 17.1 Å². The molecule has 1 atom stereocenters. The molecule has 3 aromatic rings. The number of nitrogens with one attached hydrogen (secondary N) is 1. The van der Waals surface area contributed by atoms with Gasteiger partial charge in [-0.05, 0) is 47.5 Å². The Morgan fingerprint density at radius 1 is 0.652 bits per heavy atom. The van der Waals surface area contributed by atoms with Crippen LogP contribution in [0.2, 0.25) is 0 Å². The van der Waals surface area contributed by atoms with Gasteiger partial charge < -0.3 is 5.21 Å². The van der Waals surface area contributed by atoms with E-state index in [-0.39, 0.29) is 5.69 Å². The van der Waals surface area contributed by atoms with Gasteiger partial charge in [0.15, 0.2) is 5.69 Å². The average Bonchev–Trinajstić information content (AvgIpc) is 2.61. The summed E-state index contributed by atoms with van der Waals surface area (Å²) in [7, 11) is 0. The van der Waals surface area contributed by atoms with E-state index in [4.69, 9.17) is 5.21 Å². The zero-order valence-corrected chi connectivity index (χ0v) is 12.3. The number of benzene rings is 3. The van der Waals surface area contributed by atoms with Gasteiger partial charge in [0.1, 0.15) is 0 Å². The predicted octanol–water partition coefficient (Wildman–Crippen LogP) is 4.17. The molecule has 23 heavy (non-hydrogen) atoms. The second-order valence-corrected chi connectivity index (χ2v) is 4.96. The molecule has 0 radical (unpaired) electrons. The lowest BCUT2D eigenvalue weighted by Gasteiger charge is -2.11. The van der Waals surface area contributed by atoms with Gasteiger partial charge >= 0.3 is 0 Å². The smallest absolute Gasteiger partial charge is 0.163 e. The molecule has 0 amide bonds. The number of rotatable bonds is 4. The molecule has 5 nitrogen and oxygen atoms in total. The van der Waals surface area contributed by atoms with E-state index in [2.05, 4.69) is 10.2 Å². The van der Waals surface area contributed by atoms with E-state index in [1.54, 1.807) is 24.3 Å². The molecular formula is C18H15N3O2. The quantitative estimate of drug-likeness (QED) is 0.561. The molecule has 0 bridgehead atoms. The molecule has 114 valence electrons. The van der Waals surface area contributed by atoms with Gasteiger partial charge in [-0.1, -0.05) is 30.3 Å². The number of hydrogen-bond acceptors (Lipinski definition) is 4. The fourth-order valence-corrected chi connectivity index (χ4v) is 2.14. The van der Waals surface area contributed by atoms with Crippen LogP contribution in [0, 0.1) is 5.21 Å². The lowest BCUT2D eigenvalue weighted by Crippen LogP contribution is -2.99. The van der Waals surface area contributed by atoms with Crippen molar-refractivity contribution in [2.45, 2.75) is 0 Å². The minimum absolute atomic E-state index is 0.280. The molecule has 0 saturated heterocycles. The van der Waals surface area contributed by atoms with Gasteiger partial charge in [0, 0.05) is 12.1 Å². The second kappa shape index (κ2) is 6.93. The van der Waals surface area contributed by atoms with Crippen LogP contribution < -0.4 is 5.23 Å². The van der Waals surface area contributed by atoms with Crippen molar-refractivity contribution in [1.29, 1.82) is 0 Å². The van der Waals surface area contributed by atoms with Crippen molar-refractivity contribution in [2.24, 2.45) is 10.2 Å². The molecule has 0 aliphatic carbocycles. The van der Waals surface area contributed by atoms with Gasteiger partial charge in [0.25, 0.3) is 0 Å². The number of quaternary nitrogens is 1. The predicted molar refractivity (Wildman–Crippen MR) is 88.3 cm³/mol. The molecule has 0 aromatic heterocycles. The molecular weight excluding hydrogens is 290 g/mol. The first kappa shape index (κ1) is 15.1. The molecule has 2 N–H and O–H groups in total. The normalized spacial score (nSPS) is 12.4. The van der Waals surface area contributed by atoms with Crippen LogP contribution >= 0.6 is 0 Å². The Balaban J connectivity index is 1.75. The second-order valence-electron chi connectivity index (χ2n) is 4.96. The Morgan fingerprint density at radius 2 is 1.13 bits per heavy atom. The first-order valence-corrected chi connectivity index (χ1v) is 7.13. The SMILES string of the molecule is [O-][NH+](O)c1ccc(-c2ccc(N=Nc3ccccc3)cc2)cc1. The van der Waals surface area contributed by atoms with Gasteiger partial charge in [0.2, 0.25) is 0 Å². The molecule has 0 aliphatic rings. The first-order valence-electron chi connectivity index (χ1n) is 7.13. The maximum atomic E-state index is 10.9. The van der Waals surface area contributed by atoms with E-state index in [1.807, 2.05) is 54.6 Å². The molecule has 0 heterocycles. The van der Waals surface area contributed by atoms with Crippen LogP contribution in [0.15, 0.2) is 89.1 Å². The Morgan fingerprint density at radius 3 is 1.65 bits per heavy atom. The first-order chi connectivity index (χ1) is 11.2. The van der Waals surface area contributed by atoms with Gasteiger partial charge in [-0.3, -0.25) is 0 Å². The number of nitrogens with zero attached hydrogens (tertiary/aromatic N) is 2. The van der Waals surface area contributed by atoms with Crippen LogP contribution in [0.4, 0.5) is 17.1 Å². The van der Waals surface area contributed by atoms with E-state index in [9.17, 15) is 5.21 Å². The van der Waals surface area contributed by atoms with Crippen molar-refractivity contribution in [2.75, 3.05) is 0 Å². The zero-order chi connectivity index (χ0) is 16.1. The van der Waals surface area contributed by atoms with Gasteiger partial charge in [-0.2, -0.15) is 15.5 Å².